The molecule has 3 fully saturated rings. The van der Waals surface area contributed by atoms with Crippen LogP contribution in [0.2, 0.25) is 5.02 Å². The minimum atomic E-state index is -1.24. The number of rotatable bonds is 2. The Morgan fingerprint density at radius 3 is 2.56 bits per heavy atom. The normalized spacial score (nSPS) is 29.4. The third-order valence-corrected chi connectivity index (χ3v) is 8.13. The number of benzene rings is 2. The van der Waals surface area contributed by atoms with E-state index < -0.39 is 23.3 Å². The van der Waals surface area contributed by atoms with Crippen molar-refractivity contribution in [2.75, 3.05) is 16.8 Å². The number of carbonyl (C=O) groups excluding carboxylic acids is 4. The zero-order valence-electron chi connectivity index (χ0n) is 18.6. The first-order valence-corrected chi connectivity index (χ1v) is 11.7. The van der Waals surface area contributed by atoms with Gasteiger partial charge >= 0.3 is 5.97 Å². The molecule has 2 aromatic rings. The molecule has 9 heteroatoms. The highest BCUT2D eigenvalue weighted by molar-refractivity contribution is 6.32. The summed E-state index contributed by atoms with van der Waals surface area (Å²) in [6.07, 6.45) is 1.60. The van der Waals surface area contributed by atoms with Crippen LogP contribution in [0.3, 0.4) is 0 Å². The Kier molecular flexibility index (Phi) is 4.47. The molecular weight excluding hydrogens is 458 g/mol. The maximum atomic E-state index is 13.9. The molecule has 2 aromatic carbocycles. The number of carbonyl (C=O) groups is 4. The first-order valence-electron chi connectivity index (χ1n) is 11.3. The molecule has 1 spiro atoms. The highest BCUT2D eigenvalue weighted by Crippen LogP contribution is 2.61. The van der Waals surface area contributed by atoms with Crippen LogP contribution in [-0.2, 0) is 24.7 Å². The lowest BCUT2D eigenvalue weighted by Gasteiger charge is -2.36. The number of nitrogens with zero attached hydrogens (tertiary/aromatic N) is 2. The SMILES string of the molecule is CC(=O)Oc1ccc(N2C(=O)[C@@H]3[C@H]4CCCN4[C@]4(C(=O)Nc5c4ccc(Cl)c5C)[C@H]3C2=O)cc1. The van der Waals surface area contributed by atoms with Crippen LogP contribution in [0, 0.1) is 18.8 Å². The third-order valence-electron chi connectivity index (χ3n) is 7.72. The van der Waals surface area contributed by atoms with E-state index in [9.17, 15) is 19.2 Å². The number of hydrogen-bond acceptors (Lipinski definition) is 6. The summed E-state index contributed by atoms with van der Waals surface area (Å²) in [5.41, 5.74) is 1.25. The number of ether oxygens (including phenoxy) is 1. The van der Waals surface area contributed by atoms with Crippen molar-refractivity contribution in [3.8, 4) is 5.75 Å². The Hall–Kier alpha value is -3.23. The molecule has 0 unspecified atom stereocenters. The van der Waals surface area contributed by atoms with Crippen LogP contribution in [0.25, 0.3) is 0 Å². The van der Waals surface area contributed by atoms with E-state index in [1.807, 2.05) is 13.0 Å². The van der Waals surface area contributed by atoms with Crippen LogP contribution in [0.15, 0.2) is 36.4 Å². The molecular formula is C25H22ClN3O5. The molecule has 1 N–H and O–H groups in total. The Balaban J connectivity index is 1.48. The zero-order valence-corrected chi connectivity index (χ0v) is 19.4. The van der Waals surface area contributed by atoms with Gasteiger partial charge in [-0.2, -0.15) is 0 Å². The second-order valence-corrected chi connectivity index (χ2v) is 9.73. The average molecular weight is 480 g/mol. The lowest BCUT2D eigenvalue weighted by atomic mass is 9.75. The molecule has 8 nitrogen and oxygen atoms in total. The van der Waals surface area contributed by atoms with Crippen LogP contribution >= 0.6 is 11.6 Å². The molecule has 0 aliphatic carbocycles. The van der Waals surface area contributed by atoms with Gasteiger partial charge in [-0.3, -0.25) is 24.1 Å². The molecule has 174 valence electrons. The lowest BCUT2D eigenvalue weighted by molar-refractivity contribution is -0.135. The van der Waals surface area contributed by atoms with E-state index in [1.165, 1.54) is 11.8 Å². The first-order chi connectivity index (χ1) is 16.3. The van der Waals surface area contributed by atoms with E-state index in [0.29, 0.717) is 34.3 Å². The van der Waals surface area contributed by atoms with Crippen molar-refractivity contribution in [3.05, 3.63) is 52.5 Å². The molecule has 4 heterocycles. The van der Waals surface area contributed by atoms with Crippen molar-refractivity contribution in [1.29, 1.82) is 0 Å². The number of esters is 1. The van der Waals surface area contributed by atoms with Crippen molar-refractivity contribution in [3.63, 3.8) is 0 Å². The van der Waals surface area contributed by atoms with Gasteiger partial charge < -0.3 is 10.1 Å². The van der Waals surface area contributed by atoms with E-state index in [-0.39, 0.29) is 23.8 Å². The van der Waals surface area contributed by atoms with E-state index >= 15 is 0 Å². The van der Waals surface area contributed by atoms with Crippen molar-refractivity contribution in [1.82, 2.24) is 4.90 Å². The van der Waals surface area contributed by atoms with Crippen LogP contribution in [-0.4, -0.2) is 41.2 Å². The van der Waals surface area contributed by atoms with Crippen LogP contribution < -0.4 is 15.0 Å². The first kappa shape index (κ1) is 21.3. The van der Waals surface area contributed by atoms with Gasteiger partial charge in [0.1, 0.15) is 11.3 Å². The van der Waals surface area contributed by atoms with Gasteiger partial charge in [0.2, 0.25) is 17.7 Å². The zero-order chi connectivity index (χ0) is 23.9. The fourth-order valence-electron chi connectivity index (χ4n) is 6.47. The summed E-state index contributed by atoms with van der Waals surface area (Å²) in [4.78, 5) is 55.9. The van der Waals surface area contributed by atoms with Crippen LogP contribution in [0.4, 0.5) is 11.4 Å². The van der Waals surface area contributed by atoms with Gasteiger partial charge in [0, 0.05) is 23.6 Å². The Morgan fingerprint density at radius 2 is 1.85 bits per heavy atom. The van der Waals surface area contributed by atoms with Gasteiger partial charge in [-0.15, -0.1) is 0 Å². The second-order valence-electron chi connectivity index (χ2n) is 9.32. The standard InChI is InChI=1S/C25H22ClN3O5/c1-12-17(26)10-9-16-21(12)27-24(33)25(16)20-19(18-4-3-11-28(18)25)22(31)29(23(20)32)14-5-7-15(8-6-14)34-13(2)30/h5-10,18-20H,3-4,11H2,1-2H3,(H,27,33)/t18-,19-,20-,25+/m1/s1. The number of hydrogen-bond donors (Lipinski definition) is 1. The fraction of sp³-hybridized carbons (Fsp3) is 0.360. The predicted octanol–water partition coefficient (Wildman–Crippen LogP) is 3.00. The minimum absolute atomic E-state index is 0.195. The highest BCUT2D eigenvalue weighted by atomic mass is 35.5. The number of anilines is 2. The summed E-state index contributed by atoms with van der Waals surface area (Å²) in [6, 6.07) is 9.64. The summed E-state index contributed by atoms with van der Waals surface area (Å²) >= 11 is 6.33. The van der Waals surface area contributed by atoms with E-state index in [1.54, 1.807) is 30.3 Å². The predicted molar refractivity (Wildman–Crippen MR) is 123 cm³/mol. The molecule has 3 amide bonds. The maximum Gasteiger partial charge on any atom is 0.308 e. The molecule has 0 aromatic heterocycles. The van der Waals surface area contributed by atoms with Crippen molar-refractivity contribution >= 4 is 46.7 Å². The molecule has 4 atom stereocenters. The summed E-state index contributed by atoms with van der Waals surface area (Å²) in [5, 5.41) is 3.52. The number of amides is 3. The van der Waals surface area contributed by atoms with Crippen molar-refractivity contribution in [2.24, 2.45) is 11.8 Å². The van der Waals surface area contributed by atoms with Gasteiger partial charge in [-0.05, 0) is 62.2 Å². The smallest absolute Gasteiger partial charge is 0.308 e. The van der Waals surface area contributed by atoms with E-state index in [0.717, 1.165) is 18.4 Å². The second kappa shape index (κ2) is 7.13. The minimum Gasteiger partial charge on any atom is -0.427 e. The van der Waals surface area contributed by atoms with Gasteiger partial charge in [0.25, 0.3) is 0 Å². The molecule has 0 saturated carbocycles. The summed E-state index contributed by atoms with van der Waals surface area (Å²) in [7, 11) is 0. The van der Waals surface area contributed by atoms with Gasteiger partial charge in [-0.25, -0.2) is 4.90 Å². The third kappa shape index (κ3) is 2.52. The maximum absolute atomic E-state index is 13.9. The van der Waals surface area contributed by atoms with E-state index in [2.05, 4.69) is 10.2 Å². The monoisotopic (exact) mass is 479 g/mol. The largest absolute Gasteiger partial charge is 0.427 e. The molecule has 4 aliphatic rings. The summed E-state index contributed by atoms with van der Waals surface area (Å²) < 4.78 is 5.07. The lowest BCUT2D eigenvalue weighted by Crippen LogP contribution is -2.54. The molecule has 34 heavy (non-hydrogen) atoms. The highest BCUT2D eigenvalue weighted by Gasteiger charge is 2.74. The van der Waals surface area contributed by atoms with Gasteiger partial charge in [0.05, 0.1) is 23.2 Å². The number of fused-ring (bicyclic) bond motifs is 7. The summed E-state index contributed by atoms with van der Waals surface area (Å²) in [5.74, 6) is -2.54. The fourth-order valence-corrected chi connectivity index (χ4v) is 6.63. The molecule has 0 radical (unpaired) electrons. The Labute approximate surface area is 200 Å². The van der Waals surface area contributed by atoms with Crippen LogP contribution in [0.1, 0.15) is 30.9 Å². The van der Waals surface area contributed by atoms with Crippen molar-refractivity contribution < 1.29 is 23.9 Å². The van der Waals surface area contributed by atoms with Crippen molar-refractivity contribution in [2.45, 2.75) is 38.3 Å². The van der Waals surface area contributed by atoms with Gasteiger partial charge in [0.15, 0.2) is 0 Å². The summed E-state index contributed by atoms with van der Waals surface area (Å²) in [6.45, 7) is 3.78. The molecule has 6 rings (SSSR count). The topological polar surface area (TPSA) is 96.0 Å². The number of imide groups is 1. The quantitative estimate of drug-likeness (QED) is 0.404. The van der Waals surface area contributed by atoms with E-state index in [4.69, 9.17) is 16.3 Å². The van der Waals surface area contributed by atoms with Crippen LogP contribution in [0.5, 0.6) is 5.75 Å². The Bertz CT molecular complexity index is 1290. The molecule has 4 aliphatic heterocycles. The number of halogens is 1. The average Bonchev–Trinajstić information content (AvgIpc) is 3.50. The number of nitrogens with one attached hydrogen (secondary N) is 1. The molecule has 3 saturated heterocycles. The molecule has 0 bridgehead atoms. The Morgan fingerprint density at radius 1 is 1.12 bits per heavy atom. The van der Waals surface area contributed by atoms with Gasteiger partial charge in [-0.1, -0.05) is 17.7 Å².